The molecule has 90 valence electrons. The summed E-state index contributed by atoms with van der Waals surface area (Å²) in [5.74, 6) is 0. The second kappa shape index (κ2) is 6.56. The van der Waals surface area contributed by atoms with Crippen LogP contribution in [0, 0.1) is 11.3 Å². The van der Waals surface area contributed by atoms with E-state index in [0.29, 0.717) is 26.2 Å². The predicted molar refractivity (Wildman–Crippen MR) is 60.3 cm³/mol. The molecular weight excluding hydrogens is 230 g/mol. The Morgan fingerprint density at radius 2 is 2.12 bits per heavy atom. The average molecular weight is 246 g/mol. The largest absolute Gasteiger partial charge is 0.450 e. The molecule has 1 atom stereocenters. The summed E-state index contributed by atoms with van der Waals surface area (Å²) in [5.41, 5.74) is 0. The van der Waals surface area contributed by atoms with Crippen molar-refractivity contribution in [2.24, 2.45) is 0 Å². The number of rotatable bonds is 3. The minimum Gasteiger partial charge on any atom is -0.450 e. The molecule has 0 radical (unpaired) electrons. The van der Waals surface area contributed by atoms with Gasteiger partial charge >= 0.3 is 6.09 Å². The van der Waals surface area contributed by atoms with Crippen molar-refractivity contribution in [2.75, 3.05) is 39.3 Å². The lowest BCUT2D eigenvalue weighted by Crippen LogP contribution is -2.50. The molecule has 1 heterocycles. The molecule has 0 spiro atoms. The van der Waals surface area contributed by atoms with Crippen molar-refractivity contribution in [1.82, 2.24) is 9.80 Å². The van der Waals surface area contributed by atoms with Crippen LogP contribution in [0.3, 0.4) is 0 Å². The first-order chi connectivity index (χ1) is 7.67. The van der Waals surface area contributed by atoms with Crippen LogP contribution in [0.25, 0.3) is 0 Å². The molecule has 1 rings (SSSR count). The maximum atomic E-state index is 11.4. The number of carbonyl (C=O) groups excluding carboxylic acids is 1. The van der Waals surface area contributed by atoms with Crippen molar-refractivity contribution in [3.8, 4) is 6.07 Å². The third-order valence-corrected chi connectivity index (χ3v) is 2.69. The Balaban J connectivity index is 2.29. The van der Waals surface area contributed by atoms with E-state index in [9.17, 15) is 4.79 Å². The van der Waals surface area contributed by atoms with Gasteiger partial charge in [-0.1, -0.05) is 0 Å². The lowest BCUT2D eigenvalue weighted by molar-refractivity contribution is 0.0804. The maximum absolute atomic E-state index is 11.4. The number of piperazine rings is 1. The molecule has 0 aromatic heterocycles. The van der Waals surface area contributed by atoms with Crippen molar-refractivity contribution >= 4 is 17.7 Å². The van der Waals surface area contributed by atoms with E-state index in [-0.39, 0.29) is 6.09 Å². The predicted octanol–water partition coefficient (Wildman–Crippen LogP) is 0.891. The molecule has 0 bridgehead atoms. The summed E-state index contributed by atoms with van der Waals surface area (Å²) in [6.07, 6.45) is -0.259. The first-order valence-corrected chi connectivity index (χ1v) is 5.78. The van der Waals surface area contributed by atoms with Gasteiger partial charge < -0.3 is 9.64 Å². The van der Waals surface area contributed by atoms with Crippen LogP contribution < -0.4 is 0 Å². The topological polar surface area (TPSA) is 56.6 Å². The minimum absolute atomic E-state index is 0.259. The molecule has 1 unspecified atom stereocenters. The molecule has 6 heteroatoms. The van der Waals surface area contributed by atoms with Gasteiger partial charge in [0.1, 0.15) is 5.38 Å². The summed E-state index contributed by atoms with van der Waals surface area (Å²) in [5, 5.41) is 8.10. The average Bonchev–Trinajstić information content (AvgIpc) is 2.30. The fourth-order valence-corrected chi connectivity index (χ4v) is 1.79. The number of nitriles is 1. The number of halogens is 1. The molecule has 1 aliphatic heterocycles. The molecule has 1 aliphatic rings. The van der Waals surface area contributed by atoms with Gasteiger partial charge in [0.2, 0.25) is 0 Å². The van der Waals surface area contributed by atoms with Crippen LogP contribution in [0.15, 0.2) is 0 Å². The SMILES string of the molecule is CCOC(=O)N1CCN(CC(Cl)C#N)CC1. The zero-order valence-corrected chi connectivity index (χ0v) is 10.1. The van der Waals surface area contributed by atoms with Crippen molar-refractivity contribution in [3.05, 3.63) is 0 Å². The van der Waals surface area contributed by atoms with Crippen molar-refractivity contribution < 1.29 is 9.53 Å². The molecule has 0 saturated carbocycles. The van der Waals surface area contributed by atoms with E-state index in [1.807, 2.05) is 6.07 Å². The van der Waals surface area contributed by atoms with Gasteiger partial charge in [-0.2, -0.15) is 5.26 Å². The third-order valence-electron chi connectivity index (χ3n) is 2.46. The number of hydrogen-bond acceptors (Lipinski definition) is 4. The van der Waals surface area contributed by atoms with Crippen LogP contribution in [-0.2, 0) is 4.74 Å². The normalized spacial score (nSPS) is 18.9. The molecule has 0 aromatic carbocycles. The first-order valence-electron chi connectivity index (χ1n) is 5.35. The summed E-state index contributed by atoms with van der Waals surface area (Å²) in [6.45, 7) is 5.49. The molecule has 16 heavy (non-hydrogen) atoms. The molecule has 0 N–H and O–H groups in total. The van der Waals surface area contributed by atoms with Gasteiger partial charge in [0, 0.05) is 32.7 Å². The fraction of sp³-hybridized carbons (Fsp3) is 0.800. The van der Waals surface area contributed by atoms with Gasteiger partial charge in [-0.3, -0.25) is 4.90 Å². The highest BCUT2D eigenvalue weighted by Crippen LogP contribution is 2.06. The Labute approximate surface area is 101 Å². The van der Waals surface area contributed by atoms with Gasteiger partial charge in [0.25, 0.3) is 0 Å². The van der Waals surface area contributed by atoms with Gasteiger partial charge in [0.15, 0.2) is 0 Å². The van der Waals surface area contributed by atoms with E-state index < -0.39 is 5.38 Å². The Kier molecular flexibility index (Phi) is 5.36. The lowest BCUT2D eigenvalue weighted by Gasteiger charge is -2.34. The van der Waals surface area contributed by atoms with Crippen LogP contribution in [-0.4, -0.2) is 60.6 Å². The molecule has 1 saturated heterocycles. The number of hydrogen-bond donors (Lipinski definition) is 0. The van der Waals surface area contributed by atoms with Crippen LogP contribution in [0.2, 0.25) is 0 Å². The highest BCUT2D eigenvalue weighted by Gasteiger charge is 2.22. The number of carbonyl (C=O) groups is 1. The quantitative estimate of drug-likeness (QED) is 0.693. The second-order valence-corrected chi connectivity index (χ2v) is 4.11. The smallest absolute Gasteiger partial charge is 0.409 e. The van der Waals surface area contributed by atoms with Crippen LogP contribution >= 0.6 is 11.6 Å². The van der Waals surface area contributed by atoms with E-state index >= 15 is 0 Å². The van der Waals surface area contributed by atoms with Gasteiger partial charge in [-0.05, 0) is 6.92 Å². The molecule has 1 amide bonds. The molecule has 0 aromatic rings. The maximum Gasteiger partial charge on any atom is 0.409 e. The number of ether oxygens (including phenoxy) is 1. The molecule has 1 fully saturated rings. The van der Waals surface area contributed by atoms with E-state index in [0.717, 1.165) is 13.1 Å². The summed E-state index contributed by atoms with van der Waals surface area (Å²) in [6, 6.07) is 1.99. The Hall–Kier alpha value is -0.990. The summed E-state index contributed by atoms with van der Waals surface area (Å²) < 4.78 is 4.91. The van der Waals surface area contributed by atoms with Crippen LogP contribution in [0.5, 0.6) is 0 Å². The standard InChI is InChI=1S/C10H16ClN3O2/c1-2-16-10(15)14-5-3-13(4-6-14)8-9(11)7-12/h9H,2-6,8H2,1H3. The molecular formula is C10H16ClN3O2. The van der Waals surface area contributed by atoms with Crippen molar-refractivity contribution in [3.63, 3.8) is 0 Å². The number of amides is 1. The molecule has 0 aliphatic carbocycles. The van der Waals surface area contributed by atoms with Crippen molar-refractivity contribution in [1.29, 1.82) is 5.26 Å². The van der Waals surface area contributed by atoms with Gasteiger partial charge in [-0.25, -0.2) is 4.79 Å². The van der Waals surface area contributed by atoms with E-state index in [1.54, 1.807) is 11.8 Å². The van der Waals surface area contributed by atoms with E-state index in [2.05, 4.69) is 4.90 Å². The lowest BCUT2D eigenvalue weighted by atomic mass is 10.3. The van der Waals surface area contributed by atoms with E-state index in [4.69, 9.17) is 21.6 Å². The minimum atomic E-state index is -0.478. The van der Waals surface area contributed by atoms with Crippen LogP contribution in [0.4, 0.5) is 4.79 Å². The summed E-state index contributed by atoms with van der Waals surface area (Å²) in [7, 11) is 0. The van der Waals surface area contributed by atoms with E-state index in [1.165, 1.54) is 0 Å². The van der Waals surface area contributed by atoms with Gasteiger partial charge in [-0.15, -0.1) is 11.6 Å². The Bertz CT molecular complexity index is 272. The first kappa shape index (κ1) is 13.1. The highest BCUT2D eigenvalue weighted by atomic mass is 35.5. The summed E-state index contributed by atoms with van der Waals surface area (Å²) >= 11 is 5.74. The highest BCUT2D eigenvalue weighted by molar-refractivity contribution is 6.22. The fourth-order valence-electron chi connectivity index (χ4n) is 1.60. The van der Waals surface area contributed by atoms with Gasteiger partial charge in [0.05, 0.1) is 12.7 Å². The zero-order valence-electron chi connectivity index (χ0n) is 9.36. The second-order valence-electron chi connectivity index (χ2n) is 3.58. The third kappa shape index (κ3) is 3.87. The number of alkyl halides is 1. The zero-order chi connectivity index (χ0) is 12.0. The summed E-state index contributed by atoms with van der Waals surface area (Å²) in [4.78, 5) is 15.1. The Morgan fingerprint density at radius 1 is 1.50 bits per heavy atom. The van der Waals surface area contributed by atoms with Crippen molar-refractivity contribution in [2.45, 2.75) is 12.3 Å². The monoisotopic (exact) mass is 245 g/mol. The molecule has 5 nitrogen and oxygen atoms in total. The Morgan fingerprint density at radius 3 is 2.62 bits per heavy atom. The number of nitrogens with zero attached hydrogens (tertiary/aromatic N) is 3. The van der Waals surface area contributed by atoms with Crippen LogP contribution in [0.1, 0.15) is 6.92 Å².